The van der Waals surface area contributed by atoms with Gasteiger partial charge in [-0.25, -0.2) is 4.98 Å². The molecule has 2 N–H and O–H groups in total. The zero-order valence-corrected chi connectivity index (χ0v) is 10.6. The van der Waals surface area contributed by atoms with Crippen LogP contribution in [0.1, 0.15) is 5.56 Å². The zero-order chi connectivity index (χ0) is 12.7. The quantitative estimate of drug-likeness (QED) is 0.725. The second-order valence-electron chi connectivity index (χ2n) is 4.23. The van der Waals surface area contributed by atoms with Crippen LogP contribution in [0.2, 0.25) is 5.02 Å². The second kappa shape index (κ2) is 4.03. The van der Waals surface area contributed by atoms with Crippen molar-refractivity contribution < 1.29 is 0 Å². The van der Waals surface area contributed by atoms with Crippen LogP contribution in [-0.2, 0) is 0 Å². The summed E-state index contributed by atoms with van der Waals surface area (Å²) >= 11 is 6.04. The highest BCUT2D eigenvalue weighted by molar-refractivity contribution is 6.30. The smallest absolute Gasteiger partial charge is 0.139 e. The first-order valence-corrected chi connectivity index (χ1v) is 6.03. The van der Waals surface area contributed by atoms with Crippen LogP contribution in [0.5, 0.6) is 0 Å². The molecule has 2 aromatic heterocycles. The lowest BCUT2D eigenvalue weighted by molar-refractivity contribution is 1.20. The minimum Gasteiger partial charge on any atom is -0.383 e. The molecule has 0 aliphatic rings. The molecule has 3 rings (SSSR count). The number of nitrogen functional groups attached to an aromatic ring is 1. The Balaban J connectivity index is 2.31. The number of rotatable bonds is 1. The molecule has 2 heterocycles. The molecule has 0 amide bonds. The van der Waals surface area contributed by atoms with E-state index in [0.717, 1.165) is 22.5 Å². The molecule has 0 saturated carbocycles. The summed E-state index contributed by atoms with van der Waals surface area (Å²) in [5.74, 6) is 0.635. The van der Waals surface area contributed by atoms with Gasteiger partial charge >= 0.3 is 0 Å². The largest absolute Gasteiger partial charge is 0.383 e. The fourth-order valence-electron chi connectivity index (χ4n) is 2.06. The van der Waals surface area contributed by atoms with Gasteiger partial charge in [0.25, 0.3) is 0 Å². The van der Waals surface area contributed by atoms with E-state index >= 15 is 0 Å². The number of hydrogen-bond acceptors (Lipinski definition) is 2. The van der Waals surface area contributed by atoms with E-state index in [1.165, 1.54) is 0 Å². The molecule has 0 fully saturated rings. The van der Waals surface area contributed by atoms with Crippen molar-refractivity contribution >= 4 is 23.1 Å². The fourth-order valence-corrected chi connectivity index (χ4v) is 2.23. The third kappa shape index (κ3) is 1.64. The highest BCUT2D eigenvalue weighted by Crippen LogP contribution is 2.30. The van der Waals surface area contributed by atoms with Crippen molar-refractivity contribution in [2.24, 2.45) is 0 Å². The number of fused-ring (bicyclic) bond motifs is 1. The summed E-state index contributed by atoms with van der Waals surface area (Å²) in [6.07, 6.45) is 1.90. The number of aromatic nitrogens is 2. The molecule has 0 saturated heterocycles. The Labute approximate surface area is 110 Å². The molecule has 90 valence electrons. The van der Waals surface area contributed by atoms with Gasteiger partial charge in [0.15, 0.2) is 0 Å². The van der Waals surface area contributed by atoms with Gasteiger partial charge in [-0.2, -0.15) is 0 Å². The van der Waals surface area contributed by atoms with Crippen molar-refractivity contribution in [3.05, 3.63) is 53.2 Å². The standard InChI is InChI=1S/C14H12ClN3/c1-9-5-6-10(15)8-11(9)13-14(16)18-7-3-2-4-12(18)17-13/h2-8H,16H2,1H3. The summed E-state index contributed by atoms with van der Waals surface area (Å²) in [6, 6.07) is 11.5. The Morgan fingerprint density at radius 3 is 2.83 bits per heavy atom. The Bertz CT molecular complexity index is 731. The van der Waals surface area contributed by atoms with Crippen molar-refractivity contribution in [2.75, 3.05) is 5.73 Å². The number of aryl methyl sites for hydroxylation is 1. The molecule has 3 aromatic rings. The number of nitrogens with zero attached hydrogens (tertiary/aromatic N) is 2. The van der Waals surface area contributed by atoms with Crippen LogP contribution in [-0.4, -0.2) is 9.38 Å². The van der Waals surface area contributed by atoms with Crippen LogP contribution in [0.25, 0.3) is 16.9 Å². The number of nitrogens with two attached hydrogens (primary N) is 1. The van der Waals surface area contributed by atoms with Crippen molar-refractivity contribution in [2.45, 2.75) is 6.92 Å². The molecular formula is C14H12ClN3. The summed E-state index contributed by atoms with van der Waals surface area (Å²) < 4.78 is 1.87. The molecule has 0 spiro atoms. The van der Waals surface area contributed by atoms with E-state index in [4.69, 9.17) is 17.3 Å². The summed E-state index contributed by atoms with van der Waals surface area (Å²) in [7, 11) is 0. The van der Waals surface area contributed by atoms with E-state index < -0.39 is 0 Å². The molecule has 0 atom stereocenters. The van der Waals surface area contributed by atoms with Crippen LogP contribution < -0.4 is 5.73 Å². The van der Waals surface area contributed by atoms with E-state index in [1.54, 1.807) is 0 Å². The van der Waals surface area contributed by atoms with Crippen LogP contribution in [0.15, 0.2) is 42.6 Å². The van der Waals surface area contributed by atoms with Gasteiger partial charge in [-0.15, -0.1) is 0 Å². The van der Waals surface area contributed by atoms with E-state index in [9.17, 15) is 0 Å². The van der Waals surface area contributed by atoms with Gasteiger partial charge in [-0.1, -0.05) is 23.7 Å². The van der Waals surface area contributed by atoms with Crippen molar-refractivity contribution in [1.82, 2.24) is 9.38 Å². The Morgan fingerprint density at radius 1 is 1.22 bits per heavy atom. The molecule has 4 heteroatoms. The highest BCUT2D eigenvalue weighted by atomic mass is 35.5. The van der Waals surface area contributed by atoms with Gasteiger partial charge < -0.3 is 5.73 Å². The predicted octanol–water partition coefficient (Wildman–Crippen LogP) is 3.55. The number of anilines is 1. The molecular weight excluding hydrogens is 246 g/mol. The predicted molar refractivity (Wildman–Crippen MR) is 74.8 cm³/mol. The molecule has 0 aliphatic carbocycles. The Morgan fingerprint density at radius 2 is 2.06 bits per heavy atom. The highest BCUT2D eigenvalue weighted by Gasteiger charge is 2.13. The van der Waals surface area contributed by atoms with Gasteiger partial charge in [-0.3, -0.25) is 4.40 Å². The van der Waals surface area contributed by atoms with E-state index in [2.05, 4.69) is 4.98 Å². The Hall–Kier alpha value is -2.00. The van der Waals surface area contributed by atoms with Crippen molar-refractivity contribution in [3.63, 3.8) is 0 Å². The molecule has 0 unspecified atom stereocenters. The summed E-state index contributed by atoms with van der Waals surface area (Å²) in [6.45, 7) is 2.02. The van der Waals surface area contributed by atoms with E-state index in [1.807, 2.05) is 53.9 Å². The van der Waals surface area contributed by atoms with Gasteiger partial charge in [0, 0.05) is 16.8 Å². The minimum absolute atomic E-state index is 0.635. The van der Waals surface area contributed by atoms with Crippen LogP contribution in [0, 0.1) is 6.92 Å². The first-order valence-electron chi connectivity index (χ1n) is 5.66. The van der Waals surface area contributed by atoms with E-state index in [-0.39, 0.29) is 0 Å². The third-order valence-electron chi connectivity index (χ3n) is 3.02. The third-order valence-corrected chi connectivity index (χ3v) is 3.26. The molecule has 1 aromatic carbocycles. The second-order valence-corrected chi connectivity index (χ2v) is 4.67. The molecule has 0 bridgehead atoms. The first-order chi connectivity index (χ1) is 8.66. The summed E-state index contributed by atoms with van der Waals surface area (Å²) in [5, 5.41) is 0.687. The number of pyridine rings is 1. The Kier molecular flexibility index (Phi) is 2.49. The number of benzene rings is 1. The van der Waals surface area contributed by atoms with E-state index in [0.29, 0.717) is 10.8 Å². The van der Waals surface area contributed by atoms with Gasteiger partial charge in [-0.05, 0) is 36.8 Å². The normalized spacial score (nSPS) is 11.0. The number of imidazole rings is 1. The summed E-state index contributed by atoms with van der Waals surface area (Å²) in [4.78, 5) is 4.56. The molecule has 18 heavy (non-hydrogen) atoms. The fraction of sp³-hybridized carbons (Fsp3) is 0.0714. The van der Waals surface area contributed by atoms with Crippen LogP contribution in [0.4, 0.5) is 5.82 Å². The SMILES string of the molecule is Cc1ccc(Cl)cc1-c1nc2ccccn2c1N. The average molecular weight is 258 g/mol. The summed E-state index contributed by atoms with van der Waals surface area (Å²) in [5.41, 5.74) is 9.85. The first kappa shape index (κ1) is 11.1. The van der Waals surface area contributed by atoms with Crippen molar-refractivity contribution in [1.29, 1.82) is 0 Å². The lowest BCUT2D eigenvalue weighted by atomic mass is 10.1. The number of halogens is 1. The molecule has 0 aliphatic heterocycles. The lowest BCUT2D eigenvalue weighted by Crippen LogP contribution is -1.94. The lowest BCUT2D eigenvalue weighted by Gasteiger charge is -2.04. The maximum atomic E-state index is 6.15. The van der Waals surface area contributed by atoms with Gasteiger partial charge in [0.2, 0.25) is 0 Å². The van der Waals surface area contributed by atoms with Crippen LogP contribution >= 0.6 is 11.6 Å². The average Bonchev–Trinajstić information content (AvgIpc) is 2.71. The van der Waals surface area contributed by atoms with Crippen LogP contribution in [0.3, 0.4) is 0 Å². The van der Waals surface area contributed by atoms with Gasteiger partial charge in [0.05, 0.1) is 0 Å². The number of hydrogen-bond donors (Lipinski definition) is 1. The van der Waals surface area contributed by atoms with Crippen molar-refractivity contribution in [3.8, 4) is 11.3 Å². The van der Waals surface area contributed by atoms with Gasteiger partial charge in [0.1, 0.15) is 17.2 Å². The monoisotopic (exact) mass is 257 g/mol. The molecule has 0 radical (unpaired) electrons. The minimum atomic E-state index is 0.635. The molecule has 3 nitrogen and oxygen atoms in total. The maximum absolute atomic E-state index is 6.15. The zero-order valence-electron chi connectivity index (χ0n) is 9.89. The maximum Gasteiger partial charge on any atom is 0.139 e. The topological polar surface area (TPSA) is 43.3 Å².